The smallest absolute Gasteiger partial charge is 0.335 e. The minimum absolute atomic E-state index is 0. The van der Waals surface area contributed by atoms with E-state index in [4.69, 9.17) is 11.6 Å². The minimum atomic E-state index is -0.879. The highest BCUT2D eigenvalue weighted by Crippen LogP contribution is 2.25. The van der Waals surface area contributed by atoms with Crippen molar-refractivity contribution in [2.24, 2.45) is 5.92 Å². The molecule has 0 heterocycles. The maximum Gasteiger partial charge on any atom is 0.335 e. The molecule has 1 atom stereocenters. The van der Waals surface area contributed by atoms with Crippen LogP contribution in [0.5, 0.6) is 0 Å². The molecule has 0 radical (unpaired) electrons. The molecule has 0 saturated heterocycles. The Balaban J connectivity index is 0.00000385. The Morgan fingerprint density at radius 3 is 2.33 bits per heavy atom. The van der Waals surface area contributed by atoms with E-state index >= 15 is 0 Å². The maximum atomic E-state index is 11.5. The average molecular weight is 488 g/mol. The zero-order chi connectivity index (χ0) is 23.1. The first-order chi connectivity index (χ1) is 15.3. The van der Waals surface area contributed by atoms with Crippen LogP contribution >= 0.6 is 24.0 Å². The van der Waals surface area contributed by atoms with Gasteiger partial charge in [0.1, 0.15) is 0 Å². The third-order valence-electron chi connectivity index (χ3n) is 5.41. The molecule has 0 aliphatic carbocycles. The molecule has 4 nitrogen and oxygen atoms in total. The number of hydrogen-bond donors (Lipinski definition) is 3. The molecule has 3 N–H and O–H groups in total. The topological polar surface area (TPSA) is 69.6 Å². The third kappa shape index (κ3) is 7.86. The van der Waals surface area contributed by atoms with E-state index in [1.807, 2.05) is 24.3 Å². The molecule has 0 amide bonds. The number of rotatable bonds is 10. The van der Waals surface area contributed by atoms with Gasteiger partial charge < -0.3 is 15.5 Å². The van der Waals surface area contributed by atoms with Crippen LogP contribution in [-0.4, -0.2) is 29.3 Å². The molecule has 0 fully saturated rings. The second-order valence-electron chi connectivity index (χ2n) is 8.50. The summed E-state index contributed by atoms with van der Waals surface area (Å²) in [5, 5.41) is 23.7. The van der Waals surface area contributed by atoms with E-state index < -0.39 is 12.1 Å². The van der Waals surface area contributed by atoms with Crippen molar-refractivity contribution >= 4 is 30.0 Å². The van der Waals surface area contributed by atoms with E-state index in [1.165, 1.54) is 5.56 Å². The van der Waals surface area contributed by atoms with Gasteiger partial charge in [0, 0.05) is 11.6 Å². The first-order valence-electron chi connectivity index (χ1n) is 10.9. The molecule has 3 aromatic carbocycles. The Morgan fingerprint density at radius 1 is 1.00 bits per heavy atom. The lowest BCUT2D eigenvalue weighted by Gasteiger charge is -2.13. The van der Waals surface area contributed by atoms with Crippen molar-refractivity contribution in [1.29, 1.82) is 0 Å². The summed E-state index contributed by atoms with van der Waals surface area (Å²) in [6, 6.07) is 21.2. The molecule has 0 aliphatic heterocycles. The van der Waals surface area contributed by atoms with Crippen molar-refractivity contribution < 1.29 is 15.0 Å². The van der Waals surface area contributed by atoms with Crippen LogP contribution in [0.15, 0.2) is 66.7 Å². The predicted molar refractivity (Wildman–Crippen MR) is 138 cm³/mol. The van der Waals surface area contributed by atoms with Gasteiger partial charge in [-0.05, 0) is 71.3 Å². The van der Waals surface area contributed by atoms with Gasteiger partial charge in [-0.25, -0.2) is 4.79 Å². The molecule has 0 saturated carbocycles. The Hall–Kier alpha value is -2.37. The SMILES string of the molecule is CC(C)Cc1cc(-c2ccc(CCNC[C@@H](O)c3cccc(Cl)c3)cc2)ccc1C(=O)O.Cl. The van der Waals surface area contributed by atoms with Gasteiger partial charge in [0.15, 0.2) is 0 Å². The van der Waals surface area contributed by atoms with Crippen molar-refractivity contribution in [2.45, 2.75) is 32.8 Å². The second-order valence-corrected chi connectivity index (χ2v) is 8.93. The van der Waals surface area contributed by atoms with Crippen LogP contribution in [0.2, 0.25) is 5.02 Å². The number of carbonyl (C=O) groups is 1. The summed E-state index contributed by atoms with van der Waals surface area (Å²) in [6.07, 6.45) is 0.990. The number of aromatic carboxylic acids is 1. The van der Waals surface area contributed by atoms with Gasteiger partial charge in [-0.2, -0.15) is 0 Å². The van der Waals surface area contributed by atoms with Crippen LogP contribution < -0.4 is 5.32 Å². The average Bonchev–Trinajstić information content (AvgIpc) is 2.76. The predicted octanol–water partition coefficient (Wildman–Crippen LogP) is 6.19. The van der Waals surface area contributed by atoms with E-state index in [0.29, 0.717) is 23.0 Å². The summed E-state index contributed by atoms with van der Waals surface area (Å²) in [5.74, 6) is -0.494. The maximum absolute atomic E-state index is 11.5. The fraction of sp³-hybridized carbons (Fsp3) is 0.296. The summed E-state index contributed by atoms with van der Waals surface area (Å²) < 4.78 is 0. The Bertz CT molecular complexity index is 1050. The van der Waals surface area contributed by atoms with Gasteiger partial charge in [0.25, 0.3) is 0 Å². The normalized spacial score (nSPS) is 11.8. The van der Waals surface area contributed by atoms with Crippen molar-refractivity contribution in [1.82, 2.24) is 5.32 Å². The van der Waals surface area contributed by atoms with Gasteiger partial charge in [-0.15, -0.1) is 12.4 Å². The summed E-state index contributed by atoms with van der Waals surface area (Å²) in [4.78, 5) is 11.5. The number of halogens is 2. The fourth-order valence-electron chi connectivity index (χ4n) is 3.76. The van der Waals surface area contributed by atoms with Crippen molar-refractivity contribution in [2.75, 3.05) is 13.1 Å². The lowest BCUT2D eigenvalue weighted by Crippen LogP contribution is -2.23. The fourth-order valence-corrected chi connectivity index (χ4v) is 3.96. The van der Waals surface area contributed by atoms with Gasteiger partial charge >= 0.3 is 5.97 Å². The minimum Gasteiger partial charge on any atom is -0.478 e. The summed E-state index contributed by atoms with van der Waals surface area (Å²) >= 11 is 5.98. The van der Waals surface area contributed by atoms with E-state index in [0.717, 1.165) is 41.6 Å². The van der Waals surface area contributed by atoms with Crippen molar-refractivity contribution in [3.05, 3.63) is 94.0 Å². The lowest BCUT2D eigenvalue weighted by molar-refractivity contribution is 0.0695. The zero-order valence-corrected chi connectivity index (χ0v) is 20.5. The molecule has 0 aliphatic rings. The Labute approximate surface area is 207 Å². The van der Waals surface area contributed by atoms with Gasteiger partial charge in [0.05, 0.1) is 11.7 Å². The monoisotopic (exact) mass is 487 g/mol. The molecular formula is C27H31Cl2NO3. The molecule has 0 unspecified atom stereocenters. The first-order valence-corrected chi connectivity index (χ1v) is 11.3. The molecule has 3 aromatic rings. The van der Waals surface area contributed by atoms with Crippen molar-refractivity contribution in [3.63, 3.8) is 0 Å². The number of hydrogen-bond acceptors (Lipinski definition) is 3. The third-order valence-corrected chi connectivity index (χ3v) is 5.65. The second kappa shape index (κ2) is 12.8. The molecule has 0 spiro atoms. The van der Waals surface area contributed by atoms with Gasteiger partial charge in [0.2, 0.25) is 0 Å². The molecule has 33 heavy (non-hydrogen) atoms. The van der Waals surface area contributed by atoms with Crippen LogP contribution in [0.3, 0.4) is 0 Å². The van der Waals surface area contributed by atoms with E-state index in [2.05, 4.69) is 43.4 Å². The Morgan fingerprint density at radius 2 is 1.70 bits per heavy atom. The largest absolute Gasteiger partial charge is 0.478 e. The van der Waals surface area contributed by atoms with Gasteiger partial charge in [-0.3, -0.25) is 0 Å². The van der Waals surface area contributed by atoms with Crippen LogP contribution in [0.4, 0.5) is 0 Å². The molecule has 3 rings (SSSR count). The molecular weight excluding hydrogens is 457 g/mol. The molecule has 176 valence electrons. The standard InChI is InChI=1S/C27H30ClNO3.ClH/c1-18(2)14-23-15-21(10-11-25(23)27(31)32)20-8-6-19(7-9-20)12-13-29-17-26(30)22-4-3-5-24(28)16-22;/h3-11,15-16,18,26,29-30H,12-14,17H2,1-2H3,(H,31,32);1H/t26-;/m1./s1. The van der Waals surface area contributed by atoms with Crippen LogP contribution in [0, 0.1) is 5.92 Å². The van der Waals surface area contributed by atoms with Crippen LogP contribution in [0.25, 0.3) is 11.1 Å². The highest BCUT2D eigenvalue weighted by Gasteiger charge is 2.13. The van der Waals surface area contributed by atoms with Crippen LogP contribution in [-0.2, 0) is 12.8 Å². The molecule has 6 heteroatoms. The first kappa shape index (κ1) is 26.9. The number of carboxylic acids is 1. The Kier molecular flexibility index (Phi) is 10.4. The number of aliphatic hydroxyl groups excluding tert-OH is 1. The van der Waals surface area contributed by atoms with E-state index in [-0.39, 0.29) is 12.4 Å². The molecule has 0 aromatic heterocycles. The number of nitrogens with one attached hydrogen (secondary N) is 1. The summed E-state index contributed by atoms with van der Waals surface area (Å²) in [5.41, 5.74) is 5.35. The highest BCUT2D eigenvalue weighted by molar-refractivity contribution is 6.30. The molecule has 0 bridgehead atoms. The highest BCUT2D eigenvalue weighted by atomic mass is 35.5. The number of benzene rings is 3. The zero-order valence-electron chi connectivity index (χ0n) is 18.9. The van der Waals surface area contributed by atoms with Gasteiger partial charge in [-0.1, -0.05) is 74.0 Å². The quantitative estimate of drug-likeness (QED) is 0.298. The van der Waals surface area contributed by atoms with E-state index in [9.17, 15) is 15.0 Å². The lowest BCUT2D eigenvalue weighted by atomic mass is 9.93. The number of aliphatic hydroxyl groups is 1. The van der Waals surface area contributed by atoms with Crippen LogP contribution in [0.1, 0.15) is 47.0 Å². The number of carboxylic acid groups (broad SMARTS) is 1. The van der Waals surface area contributed by atoms with E-state index in [1.54, 1.807) is 18.2 Å². The van der Waals surface area contributed by atoms with Crippen molar-refractivity contribution in [3.8, 4) is 11.1 Å². The summed E-state index contributed by atoms with van der Waals surface area (Å²) in [7, 11) is 0. The summed E-state index contributed by atoms with van der Waals surface area (Å²) in [6.45, 7) is 5.40.